The van der Waals surface area contributed by atoms with E-state index in [0.29, 0.717) is 6.61 Å². The molecule has 0 amide bonds. The molecular formula is C26H26N2OS. The Bertz CT molecular complexity index is 1030. The molecule has 4 rings (SSSR count). The van der Waals surface area contributed by atoms with Crippen molar-refractivity contribution in [2.75, 3.05) is 6.54 Å². The highest BCUT2D eigenvalue weighted by molar-refractivity contribution is 7.11. The molecule has 0 radical (unpaired) electrons. The van der Waals surface area contributed by atoms with Gasteiger partial charge in [-0.25, -0.2) is 4.98 Å². The minimum atomic E-state index is 0.262. The molecule has 0 aliphatic rings. The fourth-order valence-electron chi connectivity index (χ4n) is 3.37. The predicted molar refractivity (Wildman–Crippen MR) is 124 cm³/mol. The first-order valence-corrected chi connectivity index (χ1v) is 11.0. The van der Waals surface area contributed by atoms with Crippen LogP contribution in [-0.2, 0) is 13.2 Å². The summed E-state index contributed by atoms with van der Waals surface area (Å²) in [6.07, 6.45) is 1.96. The number of ether oxygens (including phenoxy) is 1. The Morgan fingerprint density at radius 2 is 1.57 bits per heavy atom. The largest absolute Gasteiger partial charge is 0.489 e. The van der Waals surface area contributed by atoms with Crippen LogP contribution in [0.1, 0.15) is 32.5 Å². The molecule has 0 saturated heterocycles. The smallest absolute Gasteiger partial charge is 0.119 e. The van der Waals surface area contributed by atoms with Gasteiger partial charge in [0.25, 0.3) is 0 Å². The Balaban J connectivity index is 1.33. The van der Waals surface area contributed by atoms with Crippen molar-refractivity contribution >= 4 is 11.3 Å². The van der Waals surface area contributed by atoms with Crippen LogP contribution in [0.4, 0.5) is 0 Å². The maximum absolute atomic E-state index is 5.88. The van der Waals surface area contributed by atoms with Gasteiger partial charge >= 0.3 is 0 Å². The summed E-state index contributed by atoms with van der Waals surface area (Å²) in [7, 11) is 0. The first-order chi connectivity index (χ1) is 14.8. The fourth-order valence-corrected chi connectivity index (χ4v) is 4.27. The SMILES string of the molecule is Cc1cnc(C(CNCc2ccc(OCc3ccccc3)cc2)c2ccccc2)s1. The Labute approximate surface area is 182 Å². The summed E-state index contributed by atoms with van der Waals surface area (Å²) >= 11 is 1.77. The number of nitrogens with zero attached hydrogens (tertiary/aromatic N) is 1. The standard InChI is InChI=1S/C26H26N2OS/c1-20-16-28-26(30-20)25(23-10-6-3-7-11-23)18-27-17-21-12-14-24(15-13-21)29-19-22-8-4-2-5-9-22/h2-16,25,27H,17-19H2,1H3. The lowest BCUT2D eigenvalue weighted by Gasteiger charge is -2.16. The molecule has 4 heteroatoms. The second-order valence-electron chi connectivity index (χ2n) is 7.32. The number of aryl methyl sites for hydroxylation is 1. The van der Waals surface area contributed by atoms with Gasteiger partial charge in [0, 0.05) is 30.1 Å². The van der Waals surface area contributed by atoms with E-state index in [4.69, 9.17) is 4.74 Å². The van der Waals surface area contributed by atoms with Crippen LogP contribution in [-0.4, -0.2) is 11.5 Å². The minimum Gasteiger partial charge on any atom is -0.489 e. The number of aromatic nitrogens is 1. The average molecular weight is 415 g/mol. The molecule has 152 valence electrons. The van der Waals surface area contributed by atoms with Gasteiger partial charge < -0.3 is 10.1 Å². The maximum atomic E-state index is 5.88. The van der Waals surface area contributed by atoms with Crippen LogP contribution in [0.15, 0.2) is 91.1 Å². The quantitative estimate of drug-likeness (QED) is 0.367. The van der Waals surface area contributed by atoms with Crippen molar-refractivity contribution in [3.8, 4) is 5.75 Å². The van der Waals surface area contributed by atoms with Gasteiger partial charge in [0.15, 0.2) is 0 Å². The summed E-state index contributed by atoms with van der Waals surface area (Å²) in [5, 5.41) is 4.77. The van der Waals surface area contributed by atoms with Gasteiger partial charge in [0.2, 0.25) is 0 Å². The molecule has 1 aromatic heterocycles. The third kappa shape index (κ3) is 5.56. The summed E-state index contributed by atoms with van der Waals surface area (Å²) in [5.41, 5.74) is 3.71. The number of hydrogen-bond donors (Lipinski definition) is 1. The first kappa shape index (κ1) is 20.3. The third-order valence-electron chi connectivity index (χ3n) is 4.99. The molecule has 0 bridgehead atoms. The van der Waals surface area contributed by atoms with Gasteiger partial charge in [-0.3, -0.25) is 0 Å². The van der Waals surface area contributed by atoms with Crippen LogP contribution >= 0.6 is 11.3 Å². The monoisotopic (exact) mass is 414 g/mol. The van der Waals surface area contributed by atoms with Gasteiger partial charge in [0.05, 0.1) is 0 Å². The molecule has 1 unspecified atom stereocenters. The van der Waals surface area contributed by atoms with Crippen LogP contribution in [0.2, 0.25) is 0 Å². The highest BCUT2D eigenvalue weighted by Crippen LogP contribution is 2.27. The zero-order chi connectivity index (χ0) is 20.6. The van der Waals surface area contributed by atoms with Gasteiger partial charge in [-0.1, -0.05) is 72.8 Å². The Kier molecular flexibility index (Phi) is 6.91. The van der Waals surface area contributed by atoms with E-state index in [1.807, 2.05) is 36.5 Å². The maximum Gasteiger partial charge on any atom is 0.119 e. The molecule has 0 spiro atoms. The summed E-state index contributed by atoms with van der Waals surface area (Å²) in [6, 6.07) is 29.2. The molecule has 3 aromatic carbocycles. The molecule has 0 fully saturated rings. The zero-order valence-corrected chi connectivity index (χ0v) is 17.9. The molecule has 0 aliphatic carbocycles. The normalized spacial score (nSPS) is 11.9. The lowest BCUT2D eigenvalue weighted by Crippen LogP contribution is -2.22. The van der Waals surface area contributed by atoms with Gasteiger partial charge in [-0.05, 0) is 35.7 Å². The molecule has 30 heavy (non-hydrogen) atoms. The predicted octanol–water partition coefficient (Wildman–Crippen LogP) is 5.95. The van der Waals surface area contributed by atoms with E-state index in [9.17, 15) is 0 Å². The van der Waals surface area contributed by atoms with E-state index < -0.39 is 0 Å². The van der Waals surface area contributed by atoms with Gasteiger partial charge in [-0.15, -0.1) is 11.3 Å². The number of rotatable bonds is 9. The molecule has 0 saturated carbocycles. The van der Waals surface area contributed by atoms with Gasteiger partial charge in [-0.2, -0.15) is 0 Å². The number of benzene rings is 3. The van der Waals surface area contributed by atoms with E-state index in [2.05, 4.69) is 71.8 Å². The zero-order valence-electron chi connectivity index (χ0n) is 17.1. The topological polar surface area (TPSA) is 34.2 Å². The summed E-state index contributed by atoms with van der Waals surface area (Å²) in [5.74, 6) is 1.15. The summed E-state index contributed by atoms with van der Waals surface area (Å²) in [4.78, 5) is 5.88. The summed E-state index contributed by atoms with van der Waals surface area (Å²) in [6.45, 7) is 4.36. The first-order valence-electron chi connectivity index (χ1n) is 10.2. The van der Waals surface area contributed by atoms with Crippen molar-refractivity contribution in [2.45, 2.75) is 26.0 Å². The average Bonchev–Trinajstić information content (AvgIpc) is 3.23. The number of hydrogen-bond acceptors (Lipinski definition) is 4. The van der Waals surface area contributed by atoms with E-state index in [1.54, 1.807) is 11.3 Å². The van der Waals surface area contributed by atoms with E-state index in [-0.39, 0.29) is 5.92 Å². The Hall–Kier alpha value is -2.95. The van der Waals surface area contributed by atoms with Crippen LogP contribution in [0.3, 0.4) is 0 Å². The van der Waals surface area contributed by atoms with E-state index in [0.717, 1.165) is 23.8 Å². The van der Waals surface area contributed by atoms with Crippen molar-refractivity contribution in [1.29, 1.82) is 0 Å². The van der Waals surface area contributed by atoms with Crippen molar-refractivity contribution in [1.82, 2.24) is 10.3 Å². The number of thiazole rings is 1. The summed E-state index contributed by atoms with van der Waals surface area (Å²) < 4.78 is 5.88. The second kappa shape index (κ2) is 10.2. The van der Waals surface area contributed by atoms with E-state index in [1.165, 1.54) is 21.6 Å². The van der Waals surface area contributed by atoms with Crippen molar-refractivity contribution < 1.29 is 4.74 Å². The third-order valence-corrected chi connectivity index (χ3v) is 6.01. The molecule has 3 nitrogen and oxygen atoms in total. The molecule has 4 aromatic rings. The fraction of sp³-hybridized carbons (Fsp3) is 0.192. The van der Waals surface area contributed by atoms with Crippen molar-refractivity contribution in [2.24, 2.45) is 0 Å². The Morgan fingerprint density at radius 1 is 0.867 bits per heavy atom. The van der Waals surface area contributed by atoms with E-state index >= 15 is 0 Å². The molecule has 1 N–H and O–H groups in total. The highest BCUT2D eigenvalue weighted by atomic mass is 32.1. The highest BCUT2D eigenvalue weighted by Gasteiger charge is 2.17. The lowest BCUT2D eigenvalue weighted by molar-refractivity contribution is 0.306. The second-order valence-corrected chi connectivity index (χ2v) is 8.59. The van der Waals surface area contributed by atoms with Gasteiger partial charge in [0.1, 0.15) is 17.4 Å². The number of nitrogens with one attached hydrogen (secondary N) is 1. The molecule has 1 heterocycles. The minimum absolute atomic E-state index is 0.262. The van der Waals surface area contributed by atoms with Crippen molar-refractivity contribution in [3.05, 3.63) is 118 Å². The molecule has 0 aliphatic heterocycles. The molecule has 1 atom stereocenters. The van der Waals surface area contributed by atoms with Crippen molar-refractivity contribution in [3.63, 3.8) is 0 Å². The van der Waals surface area contributed by atoms with Crippen LogP contribution in [0.25, 0.3) is 0 Å². The van der Waals surface area contributed by atoms with Crippen LogP contribution in [0.5, 0.6) is 5.75 Å². The molecular weight excluding hydrogens is 388 g/mol. The Morgan fingerprint density at radius 3 is 2.23 bits per heavy atom. The van der Waals surface area contributed by atoms with Crippen LogP contribution < -0.4 is 10.1 Å². The van der Waals surface area contributed by atoms with Crippen LogP contribution in [0, 0.1) is 6.92 Å². The lowest BCUT2D eigenvalue weighted by atomic mass is 9.99.